The van der Waals surface area contributed by atoms with Gasteiger partial charge in [-0.3, -0.25) is 4.90 Å². The lowest BCUT2D eigenvalue weighted by Crippen LogP contribution is -2.37. The number of likely N-dealkylation sites (tertiary alicyclic amines) is 1. The predicted octanol–water partition coefficient (Wildman–Crippen LogP) is 2.57. The van der Waals surface area contributed by atoms with Gasteiger partial charge >= 0.3 is 0 Å². The zero-order valence-corrected chi connectivity index (χ0v) is 10.4. The highest BCUT2D eigenvalue weighted by Gasteiger charge is 2.18. The Morgan fingerprint density at radius 1 is 1.53 bits per heavy atom. The maximum Gasteiger partial charge on any atom is 0.0931 e. The second-order valence-corrected chi connectivity index (χ2v) is 5.98. The maximum atomic E-state index is 5.91. The summed E-state index contributed by atoms with van der Waals surface area (Å²) in [5, 5.41) is 0. The molecule has 1 aromatic heterocycles. The van der Waals surface area contributed by atoms with Crippen LogP contribution in [0.25, 0.3) is 0 Å². The van der Waals surface area contributed by atoms with Crippen LogP contribution in [0.2, 0.25) is 4.34 Å². The SMILES string of the molecule is NC[C@@H]1CCCN(Cc2ccc(Cl)s2)C1. The van der Waals surface area contributed by atoms with E-state index in [0.717, 1.165) is 24.0 Å². The van der Waals surface area contributed by atoms with Crippen LogP contribution in [0.15, 0.2) is 12.1 Å². The minimum atomic E-state index is 0.689. The van der Waals surface area contributed by atoms with Crippen LogP contribution < -0.4 is 5.73 Å². The number of thiophene rings is 1. The van der Waals surface area contributed by atoms with Crippen molar-refractivity contribution < 1.29 is 0 Å². The van der Waals surface area contributed by atoms with Gasteiger partial charge < -0.3 is 5.73 Å². The van der Waals surface area contributed by atoms with Crippen molar-refractivity contribution in [2.24, 2.45) is 11.7 Å². The first-order valence-corrected chi connectivity index (χ1v) is 6.64. The van der Waals surface area contributed by atoms with Crippen molar-refractivity contribution in [2.75, 3.05) is 19.6 Å². The van der Waals surface area contributed by atoms with Crippen LogP contribution in [-0.2, 0) is 6.54 Å². The minimum Gasteiger partial charge on any atom is -0.330 e. The summed E-state index contributed by atoms with van der Waals surface area (Å²) in [6.07, 6.45) is 2.57. The third-order valence-corrected chi connectivity index (χ3v) is 4.16. The van der Waals surface area contributed by atoms with E-state index < -0.39 is 0 Å². The van der Waals surface area contributed by atoms with E-state index in [0.29, 0.717) is 5.92 Å². The van der Waals surface area contributed by atoms with E-state index in [-0.39, 0.29) is 0 Å². The number of halogens is 1. The molecule has 1 saturated heterocycles. The Kier molecular flexibility index (Phi) is 4.03. The van der Waals surface area contributed by atoms with Gasteiger partial charge in [-0.25, -0.2) is 0 Å². The molecule has 1 fully saturated rings. The summed E-state index contributed by atoms with van der Waals surface area (Å²) in [7, 11) is 0. The molecule has 0 unspecified atom stereocenters. The second kappa shape index (κ2) is 5.30. The number of rotatable bonds is 3. The predicted molar refractivity (Wildman–Crippen MR) is 66.4 cm³/mol. The van der Waals surface area contributed by atoms with E-state index in [4.69, 9.17) is 17.3 Å². The van der Waals surface area contributed by atoms with Crippen LogP contribution in [0, 0.1) is 5.92 Å². The van der Waals surface area contributed by atoms with Crippen molar-refractivity contribution in [2.45, 2.75) is 19.4 Å². The third-order valence-electron chi connectivity index (χ3n) is 2.94. The average Bonchev–Trinajstić information content (AvgIpc) is 2.64. The second-order valence-electron chi connectivity index (χ2n) is 4.18. The zero-order valence-electron chi connectivity index (χ0n) is 8.79. The molecule has 1 atom stereocenters. The molecule has 2 heterocycles. The fraction of sp³-hybridized carbons (Fsp3) is 0.636. The Bertz CT molecular complexity index is 313. The maximum absolute atomic E-state index is 5.91. The molecule has 0 amide bonds. The summed E-state index contributed by atoms with van der Waals surface area (Å²) in [4.78, 5) is 3.85. The third kappa shape index (κ3) is 3.18. The highest BCUT2D eigenvalue weighted by atomic mass is 35.5. The van der Waals surface area contributed by atoms with Crippen LogP contribution in [-0.4, -0.2) is 24.5 Å². The molecule has 0 aromatic carbocycles. The molecule has 0 saturated carbocycles. The highest BCUT2D eigenvalue weighted by Crippen LogP contribution is 2.24. The number of nitrogens with zero attached hydrogens (tertiary/aromatic N) is 1. The Labute approximate surface area is 100 Å². The zero-order chi connectivity index (χ0) is 10.7. The molecule has 2 N–H and O–H groups in total. The molecule has 0 spiro atoms. The summed E-state index contributed by atoms with van der Waals surface area (Å²) >= 11 is 7.60. The quantitative estimate of drug-likeness (QED) is 0.886. The molecule has 84 valence electrons. The molecule has 1 aromatic rings. The summed E-state index contributed by atoms with van der Waals surface area (Å²) in [6.45, 7) is 4.20. The monoisotopic (exact) mass is 244 g/mol. The molecule has 15 heavy (non-hydrogen) atoms. The minimum absolute atomic E-state index is 0.689. The lowest BCUT2D eigenvalue weighted by atomic mass is 9.98. The Balaban J connectivity index is 1.88. The molecule has 4 heteroatoms. The summed E-state index contributed by atoms with van der Waals surface area (Å²) < 4.78 is 0.886. The normalized spacial score (nSPS) is 23.2. The van der Waals surface area contributed by atoms with Crippen molar-refractivity contribution in [3.05, 3.63) is 21.3 Å². The molecular formula is C11H17ClN2S. The van der Waals surface area contributed by atoms with Crippen molar-refractivity contribution in [3.63, 3.8) is 0 Å². The van der Waals surface area contributed by atoms with E-state index >= 15 is 0 Å². The lowest BCUT2D eigenvalue weighted by molar-refractivity contribution is 0.172. The fourth-order valence-corrected chi connectivity index (χ4v) is 3.27. The van der Waals surface area contributed by atoms with Crippen LogP contribution in [0.1, 0.15) is 17.7 Å². The van der Waals surface area contributed by atoms with E-state index in [1.165, 1.54) is 24.3 Å². The number of hydrogen-bond acceptors (Lipinski definition) is 3. The van der Waals surface area contributed by atoms with E-state index in [1.807, 2.05) is 6.07 Å². The number of piperidine rings is 1. The van der Waals surface area contributed by atoms with Crippen LogP contribution >= 0.6 is 22.9 Å². The molecular weight excluding hydrogens is 228 g/mol. The molecule has 0 radical (unpaired) electrons. The van der Waals surface area contributed by atoms with Gasteiger partial charge in [0.2, 0.25) is 0 Å². The topological polar surface area (TPSA) is 29.3 Å². The molecule has 0 bridgehead atoms. The van der Waals surface area contributed by atoms with Gasteiger partial charge in [0.15, 0.2) is 0 Å². The van der Waals surface area contributed by atoms with Crippen LogP contribution in [0.5, 0.6) is 0 Å². The average molecular weight is 245 g/mol. The number of hydrogen-bond donors (Lipinski definition) is 1. The van der Waals surface area contributed by atoms with Crippen molar-refractivity contribution in [3.8, 4) is 0 Å². The van der Waals surface area contributed by atoms with Gasteiger partial charge in [-0.1, -0.05) is 11.6 Å². The van der Waals surface area contributed by atoms with Crippen molar-refractivity contribution in [1.82, 2.24) is 4.90 Å². The smallest absolute Gasteiger partial charge is 0.0931 e. The van der Waals surface area contributed by atoms with Gasteiger partial charge in [-0.15, -0.1) is 11.3 Å². The fourth-order valence-electron chi connectivity index (χ4n) is 2.14. The van der Waals surface area contributed by atoms with E-state index in [9.17, 15) is 0 Å². The molecule has 2 nitrogen and oxygen atoms in total. The van der Waals surface area contributed by atoms with E-state index in [2.05, 4.69) is 11.0 Å². The molecule has 0 aliphatic carbocycles. The van der Waals surface area contributed by atoms with Crippen molar-refractivity contribution in [1.29, 1.82) is 0 Å². The van der Waals surface area contributed by atoms with Gasteiger partial charge in [0.05, 0.1) is 4.34 Å². The largest absolute Gasteiger partial charge is 0.330 e. The van der Waals surface area contributed by atoms with Crippen molar-refractivity contribution >= 4 is 22.9 Å². The summed E-state index contributed by atoms with van der Waals surface area (Å²) in [5.74, 6) is 0.689. The van der Waals surface area contributed by atoms with Crippen LogP contribution in [0.3, 0.4) is 0 Å². The highest BCUT2D eigenvalue weighted by molar-refractivity contribution is 7.16. The Morgan fingerprint density at radius 3 is 3.07 bits per heavy atom. The molecule has 1 aliphatic heterocycles. The standard InChI is InChI=1S/C11H17ClN2S/c12-11-4-3-10(15-11)8-14-5-1-2-9(6-13)7-14/h3-4,9H,1-2,5-8,13H2/t9-/m0/s1. The van der Waals surface area contributed by atoms with Gasteiger partial charge in [0.1, 0.15) is 0 Å². The molecule has 1 aliphatic rings. The van der Waals surface area contributed by atoms with Gasteiger partial charge in [0.25, 0.3) is 0 Å². The van der Waals surface area contributed by atoms with Crippen LogP contribution in [0.4, 0.5) is 0 Å². The Hall–Kier alpha value is -0.0900. The first-order chi connectivity index (χ1) is 7.28. The first-order valence-electron chi connectivity index (χ1n) is 5.44. The van der Waals surface area contributed by atoms with Gasteiger partial charge in [0, 0.05) is 18.0 Å². The summed E-state index contributed by atoms with van der Waals surface area (Å²) in [6, 6.07) is 4.10. The van der Waals surface area contributed by atoms with Gasteiger partial charge in [-0.2, -0.15) is 0 Å². The van der Waals surface area contributed by atoms with Gasteiger partial charge in [-0.05, 0) is 44.0 Å². The Morgan fingerprint density at radius 2 is 2.40 bits per heavy atom. The lowest BCUT2D eigenvalue weighted by Gasteiger charge is -2.31. The summed E-state index contributed by atoms with van der Waals surface area (Å²) in [5.41, 5.74) is 5.72. The molecule has 2 rings (SSSR count). The number of nitrogens with two attached hydrogens (primary N) is 1. The first kappa shape index (κ1) is 11.4. The van der Waals surface area contributed by atoms with E-state index in [1.54, 1.807) is 11.3 Å².